The molecule has 0 bridgehead atoms. The van der Waals surface area contributed by atoms with Crippen molar-refractivity contribution < 1.29 is 19.0 Å². The highest BCUT2D eigenvalue weighted by Crippen LogP contribution is 2.22. The molecule has 3 rings (SSSR count). The summed E-state index contributed by atoms with van der Waals surface area (Å²) >= 11 is 0. The standard InChI is InChI=1S/C17H24N2O4/c1-21-14-2-4-15(5-3-14)23-16-6-8-18(9-7-16)17(20)19-10-12-22-13-11-19/h2-5,16H,6-13H2,1H3. The molecule has 126 valence electrons. The SMILES string of the molecule is COc1ccc(OC2CCN(C(=O)N3CCOCC3)CC2)cc1. The van der Waals surface area contributed by atoms with Crippen molar-refractivity contribution in [2.24, 2.45) is 0 Å². The molecule has 2 heterocycles. The number of methoxy groups -OCH3 is 1. The van der Waals surface area contributed by atoms with Crippen molar-refractivity contribution in [2.45, 2.75) is 18.9 Å². The summed E-state index contributed by atoms with van der Waals surface area (Å²) in [4.78, 5) is 16.2. The summed E-state index contributed by atoms with van der Waals surface area (Å²) in [5, 5.41) is 0. The van der Waals surface area contributed by atoms with Gasteiger partial charge in [0.05, 0.1) is 20.3 Å². The molecule has 0 radical (unpaired) electrons. The maximum absolute atomic E-state index is 12.4. The summed E-state index contributed by atoms with van der Waals surface area (Å²) < 4.78 is 16.4. The van der Waals surface area contributed by atoms with Gasteiger partial charge in [-0.2, -0.15) is 0 Å². The number of nitrogens with zero attached hydrogens (tertiary/aromatic N) is 2. The molecule has 0 aliphatic carbocycles. The van der Waals surface area contributed by atoms with Gasteiger partial charge in [-0.25, -0.2) is 4.79 Å². The van der Waals surface area contributed by atoms with Gasteiger partial charge < -0.3 is 24.0 Å². The number of carbonyl (C=O) groups is 1. The van der Waals surface area contributed by atoms with E-state index >= 15 is 0 Å². The Morgan fingerprint density at radius 2 is 1.57 bits per heavy atom. The third kappa shape index (κ3) is 4.07. The van der Waals surface area contributed by atoms with E-state index in [1.54, 1.807) is 7.11 Å². The molecule has 2 saturated heterocycles. The second-order valence-electron chi connectivity index (χ2n) is 5.86. The maximum Gasteiger partial charge on any atom is 0.320 e. The van der Waals surface area contributed by atoms with Gasteiger partial charge in [-0.1, -0.05) is 0 Å². The Morgan fingerprint density at radius 3 is 2.17 bits per heavy atom. The minimum Gasteiger partial charge on any atom is -0.497 e. The third-order valence-electron chi connectivity index (χ3n) is 4.36. The molecule has 0 N–H and O–H groups in total. The Bertz CT molecular complexity index is 506. The predicted octanol–water partition coefficient (Wildman–Crippen LogP) is 1.99. The van der Waals surface area contributed by atoms with E-state index in [9.17, 15) is 4.79 Å². The molecule has 1 aromatic carbocycles. The van der Waals surface area contributed by atoms with Gasteiger partial charge in [0.15, 0.2) is 0 Å². The zero-order chi connectivity index (χ0) is 16.1. The number of rotatable bonds is 3. The van der Waals surface area contributed by atoms with Crippen LogP contribution in [0.5, 0.6) is 11.5 Å². The lowest BCUT2D eigenvalue weighted by molar-refractivity contribution is 0.0360. The summed E-state index contributed by atoms with van der Waals surface area (Å²) in [6, 6.07) is 7.77. The Labute approximate surface area is 136 Å². The minimum absolute atomic E-state index is 0.135. The van der Waals surface area contributed by atoms with Crippen LogP contribution in [-0.2, 0) is 4.74 Å². The molecule has 0 spiro atoms. The zero-order valence-electron chi connectivity index (χ0n) is 13.6. The molecule has 2 amide bonds. The van der Waals surface area contributed by atoms with Gasteiger partial charge >= 0.3 is 6.03 Å². The van der Waals surface area contributed by atoms with E-state index < -0.39 is 0 Å². The van der Waals surface area contributed by atoms with E-state index in [1.165, 1.54) is 0 Å². The van der Waals surface area contributed by atoms with Crippen LogP contribution < -0.4 is 9.47 Å². The van der Waals surface area contributed by atoms with Crippen LogP contribution in [-0.4, -0.2) is 68.4 Å². The molecule has 2 aliphatic rings. The number of ether oxygens (including phenoxy) is 3. The summed E-state index contributed by atoms with van der Waals surface area (Å²) in [7, 11) is 1.65. The van der Waals surface area contributed by atoms with E-state index in [2.05, 4.69) is 0 Å². The summed E-state index contributed by atoms with van der Waals surface area (Å²) in [5.74, 6) is 1.67. The van der Waals surface area contributed by atoms with Gasteiger partial charge in [0.25, 0.3) is 0 Å². The van der Waals surface area contributed by atoms with Crippen LogP contribution in [0.3, 0.4) is 0 Å². The van der Waals surface area contributed by atoms with Crippen molar-refractivity contribution in [1.29, 1.82) is 0 Å². The normalized spacial score (nSPS) is 19.5. The van der Waals surface area contributed by atoms with Gasteiger partial charge in [-0.05, 0) is 24.3 Å². The molecule has 1 aromatic rings. The number of benzene rings is 1. The molecular formula is C17H24N2O4. The molecule has 2 fully saturated rings. The fourth-order valence-electron chi connectivity index (χ4n) is 2.97. The van der Waals surface area contributed by atoms with Gasteiger partial charge in [0.2, 0.25) is 0 Å². The summed E-state index contributed by atoms with van der Waals surface area (Å²) in [6.45, 7) is 4.17. The minimum atomic E-state index is 0.135. The largest absolute Gasteiger partial charge is 0.497 e. The van der Waals surface area contributed by atoms with Crippen molar-refractivity contribution in [3.63, 3.8) is 0 Å². The summed E-state index contributed by atoms with van der Waals surface area (Å²) in [5.41, 5.74) is 0. The number of likely N-dealkylation sites (tertiary alicyclic amines) is 1. The highest BCUT2D eigenvalue weighted by Gasteiger charge is 2.27. The molecular weight excluding hydrogens is 296 g/mol. The van der Waals surface area contributed by atoms with Crippen LogP contribution in [0.1, 0.15) is 12.8 Å². The molecule has 2 aliphatic heterocycles. The average Bonchev–Trinajstić information content (AvgIpc) is 2.63. The number of hydrogen-bond donors (Lipinski definition) is 0. The first-order valence-electron chi connectivity index (χ1n) is 8.18. The zero-order valence-corrected chi connectivity index (χ0v) is 13.6. The Morgan fingerprint density at radius 1 is 1.00 bits per heavy atom. The molecule has 6 nitrogen and oxygen atoms in total. The smallest absolute Gasteiger partial charge is 0.320 e. The number of morpholine rings is 1. The van der Waals surface area contributed by atoms with E-state index in [0.717, 1.165) is 37.4 Å². The Balaban J connectivity index is 1.46. The van der Waals surface area contributed by atoms with Crippen molar-refractivity contribution in [2.75, 3.05) is 46.5 Å². The number of hydrogen-bond acceptors (Lipinski definition) is 4. The Kier molecular flexibility index (Phi) is 5.23. The van der Waals surface area contributed by atoms with E-state index in [4.69, 9.17) is 14.2 Å². The second-order valence-corrected chi connectivity index (χ2v) is 5.86. The van der Waals surface area contributed by atoms with E-state index in [1.807, 2.05) is 34.1 Å². The molecule has 6 heteroatoms. The van der Waals surface area contributed by atoms with Crippen molar-refractivity contribution in [3.8, 4) is 11.5 Å². The number of piperidine rings is 1. The highest BCUT2D eigenvalue weighted by molar-refractivity contribution is 5.74. The van der Waals surface area contributed by atoms with Gasteiger partial charge in [0.1, 0.15) is 17.6 Å². The van der Waals surface area contributed by atoms with Crippen molar-refractivity contribution in [1.82, 2.24) is 9.80 Å². The highest BCUT2D eigenvalue weighted by atomic mass is 16.5. The number of carbonyl (C=O) groups excluding carboxylic acids is 1. The average molecular weight is 320 g/mol. The van der Waals surface area contributed by atoms with Crippen LogP contribution in [0, 0.1) is 0 Å². The quantitative estimate of drug-likeness (QED) is 0.855. The summed E-state index contributed by atoms with van der Waals surface area (Å²) in [6.07, 6.45) is 1.89. The second kappa shape index (κ2) is 7.55. The van der Waals surface area contributed by atoms with E-state index in [-0.39, 0.29) is 12.1 Å². The predicted molar refractivity (Wildman–Crippen MR) is 86.0 cm³/mol. The van der Waals surface area contributed by atoms with Gasteiger partial charge in [-0.15, -0.1) is 0 Å². The lowest BCUT2D eigenvalue weighted by atomic mass is 10.1. The van der Waals surface area contributed by atoms with Gasteiger partial charge in [0, 0.05) is 39.0 Å². The molecule has 23 heavy (non-hydrogen) atoms. The number of urea groups is 1. The van der Waals surface area contributed by atoms with Crippen molar-refractivity contribution >= 4 is 6.03 Å². The molecule has 0 saturated carbocycles. The molecule has 0 aromatic heterocycles. The first-order valence-corrected chi connectivity index (χ1v) is 8.18. The topological polar surface area (TPSA) is 51.2 Å². The third-order valence-corrected chi connectivity index (χ3v) is 4.36. The molecule has 0 unspecified atom stereocenters. The van der Waals surface area contributed by atoms with E-state index in [0.29, 0.717) is 26.3 Å². The Hall–Kier alpha value is -1.95. The number of amides is 2. The van der Waals surface area contributed by atoms with Crippen LogP contribution in [0.4, 0.5) is 4.79 Å². The van der Waals surface area contributed by atoms with Gasteiger partial charge in [-0.3, -0.25) is 0 Å². The lowest BCUT2D eigenvalue weighted by Gasteiger charge is -2.37. The first-order chi connectivity index (χ1) is 11.3. The maximum atomic E-state index is 12.4. The van der Waals surface area contributed by atoms with Crippen molar-refractivity contribution in [3.05, 3.63) is 24.3 Å². The van der Waals surface area contributed by atoms with Crippen LogP contribution in [0.15, 0.2) is 24.3 Å². The monoisotopic (exact) mass is 320 g/mol. The fraction of sp³-hybridized carbons (Fsp3) is 0.588. The van der Waals surface area contributed by atoms with Crippen LogP contribution in [0.25, 0.3) is 0 Å². The fourth-order valence-corrected chi connectivity index (χ4v) is 2.97. The molecule has 0 atom stereocenters. The first kappa shape index (κ1) is 15.9. The lowest BCUT2D eigenvalue weighted by Crippen LogP contribution is -2.51. The van der Waals surface area contributed by atoms with Crippen LogP contribution >= 0.6 is 0 Å². The van der Waals surface area contributed by atoms with Crippen LogP contribution in [0.2, 0.25) is 0 Å².